The molecule has 1 atom stereocenters. The molecule has 0 bridgehead atoms. The van der Waals surface area contributed by atoms with E-state index in [1.54, 1.807) is 12.1 Å². The van der Waals surface area contributed by atoms with Gasteiger partial charge in [-0.15, -0.1) is 0 Å². The Bertz CT molecular complexity index is 833. The van der Waals surface area contributed by atoms with Crippen molar-refractivity contribution in [3.05, 3.63) is 59.2 Å². The van der Waals surface area contributed by atoms with Crippen molar-refractivity contribution >= 4 is 10.0 Å². The number of primary sulfonamides is 1. The van der Waals surface area contributed by atoms with Crippen LogP contribution in [0.1, 0.15) is 36.1 Å². The van der Waals surface area contributed by atoms with Gasteiger partial charge in [-0.3, -0.25) is 4.90 Å². The van der Waals surface area contributed by atoms with Crippen LogP contribution in [0.4, 0.5) is 0 Å². The predicted octanol–water partition coefficient (Wildman–Crippen LogP) is 3.41. The van der Waals surface area contributed by atoms with Crippen LogP contribution >= 0.6 is 0 Å². The molecule has 0 aromatic heterocycles. The number of ether oxygens (including phenoxy) is 1. The van der Waals surface area contributed by atoms with Crippen LogP contribution in [-0.2, 0) is 10.0 Å². The number of hydrogen-bond acceptors (Lipinski definition) is 4. The minimum Gasteiger partial charge on any atom is -0.494 e. The Morgan fingerprint density at radius 1 is 1.08 bits per heavy atom. The largest absolute Gasteiger partial charge is 0.494 e. The van der Waals surface area contributed by atoms with E-state index in [1.807, 2.05) is 25.2 Å². The van der Waals surface area contributed by atoms with E-state index >= 15 is 0 Å². The van der Waals surface area contributed by atoms with Crippen molar-refractivity contribution in [2.45, 2.75) is 38.1 Å². The van der Waals surface area contributed by atoms with E-state index in [0.717, 1.165) is 24.3 Å². The third kappa shape index (κ3) is 5.56. The molecule has 0 saturated carbocycles. The van der Waals surface area contributed by atoms with E-state index in [0.29, 0.717) is 6.61 Å². The van der Waals surface area contributed by atoms with Gasteiger partial charge in [0.2, 0.25) is 10.0 Å². The van der Waals surface area contributed by atoms with Gasteiger partial charge in [0, 0.05) is 12.6 Å². The molecule has 0 unspecified atom stereocenters. The first-order chi connectivity index (χ1) is 12.2. The molecule has 2 aromatic rings. The summed E-state index contributed by atoms with van der Waals surface area (Å²) in [4.78, 5) is 2.35. The summed E-state index contributed by atoms with van der Waals surface area (Å²) in [5.74, 6) is 0.905. The second-order valence-corrected chi connectivity index (χ2v) is 8.28. The summed E-state index contributed by atoms with van der Waals surface area (Å²) in [5, 5.41) is 5.14. The fraction of sp³-hybridized carbons (Fsp3) is 0.400. The second-order valence-electron chi connectivity index (χ2n) is 6.72. The molecule has 0 radical (unpaired) electrons. The van der Waals surface area contributed by atoms with E-state index in [2.05, 4.69) is 37.8 Å². The highest BCUT2D eigenvalue weighted by molar-refractivity contribution is 7.89. The lowest BCUT2D eigenvalue weighted by molar-refractivity contribution is 0.226. The smallest absolute Gasteiger partial charge is 0.238 e. The zero-order valence-electron chi connectivity index (χ0n) is 15.9. The normalized spacial score (nSPS) is 13.0. The zero-order valence-corrected chi connectivity index (χ0v) is 16.7. The van der Waals surface area contributed by atoms with Crippen LogP contribution in [0, 0.1) is 13.8 Å². The van der Waals surface area contributed by atoms with Crippen LogP contribution in [0.3, 0.4) is 0 Å². The number of nitrogens with zero attached hydrogens (tertiary/aromatic N) is 1. The number of hydrogen-bond donors (Lipinski definition) is 1. The van der Waals surface area contributed by atoms with E-state index in [-0.39, 0.29) is 10.9 Å². The monoisotopic (exact) mass is 376 g/mol. The Morgan fingerprint density at radius 2 is 1.73 bits per heavy atom. The van der Waals surface area contributed by atoms with Crippen LogP contribution in [-0.4, -0.2) is 33.5 Å². The number of sulfonamides is 1. The Hall–Kier alpha value is -1.89. The highest BCUT2D eigenvalue weighted by atomic mass is 32.2. The van der Waals surface area contributed by atoms with Crippen LogP contribution in [0.2, 0.25) is 0 Å². The molecule has 5 nitrogen and oxygen atoms in total. The van der Waals surface area contributed by atoms with Gasteiger partial charge in [0.1, 0.15) is 5.75 Å². The lowest BCUT2D eigenvalue weighted by Gasteiger charge is -2.25. The molecule has 0 aliphatic rings. The molecule has 0 heterocycles. The molecule has 2 rings (SSSR count). The SMILES string of the molecule is Cc1ccc(OCCCN(C)[C@@H](C)c2ccc(S(N)(=O)=O)cc2)cc1C. The molecule has 2 aromatic carbocycles. The van der Waals surface area contributed by atoms with Crippen molar-refractivity contribution in [2.75, 3.05) is 20.2 Å². The third-order valence-corrected chi connectivity index (χ3v) is 5.68. The van der Waals surface area contributed by atoms with E-state index in [4.69, 9.17) is 9.88 Å². The summed E-state index contributed by atoms with van der Waals surface area (Å²) in [6.45, 7) is 7.80. The number of aryl methyl sites for hydroxylation is 2. The molecule has 0 spiro atoms. The summed E-state index contributed by atoms with van der Waals surface area (Å²) in [6.07, 6.45) is 0.906. The van der Waals surface area contributed by atoms with E-state index in [1.165, 1.54) is 11.1 Å². The average Bonchev–Trinajstić information content (AvgIpc) is 2.60. The average molecular weight is 377 g/mol. The van der Waals surface area contributed by atoms with Crippen molar-refractivity contribution in [1.29, 1.82) is 0 Å². The Kier molecular flexibility index (Phi) is 6.81. The van der Waals surface area contributed by atoms with Gasteiger partial charge in [-0.05, 0) is 75.2 Å². The molecular weight excluding hydrogens is 348 g/mol. The molecule has 142 valence electrons. The first-order valence-electron chi connectivity index (χ1n) is 8.71. The second kappa shape index (κ2) is 8.66. The van der Waals surface area contributed by atoms with Crippen LogP contribution in [0.5, 0.6) is 5.75 Å². The molecule has 0 aliphatic carbocycles. The Balaban J connectivity index is 1.83. The van der Waals surface area contributed by atoms with E-state index in [9.17, 15) is 8.42 Å². The van der Waals surface area contributed by atoms with Crippen LogP contribution < -0.4 is 9.88 Å². The molecule has 0 saturated heterocycles. The first kappa shape index (κ1) is 20.4. The van der Waals surface area contributed by atoms with Gasteiger partial charge in [-0.1, -0.05) is 18.2 Å². The molecule has 6 heteroatoms. The van der Waals surface area contributed by atoms with Crippen molar-refractivity contribution in [1.82, 2.24) is 4.90 Å². The van der Waals surface area contributed by atoms with Gasteiger partial charge in [-0.25, -0.2) is 13.6 Å². The van der Waals surface area contributed by atoms with Gasteiger partial charge >= 0.3 is 0 Å². The fourth-order valence-electron chi connectivity index (χ4n) is 2.69. The number of nitrogens with two attached hydrogens (primary N) is 1. The quantitative estimate of drug-likeness (QED) is 0.717. The minimum absolute atomic E-state index is 0.137. The van der Waals surface area contributed by atoms with Gasteiger partial charge < -0.3 is 4.74 Å². The van der Waals surface area contributed by atoms with Gasteiger partial charge in [0.05, 0.1) is 11.5 Å². The maximum absolute atomic E-state index is 11.3. The summed E-state index contributed by atoms with van der Waals surface area (Å²) in [6, 6.07) is 13.0. The third-order valence-electron chi connectivity index (χ3n) is 4.75. The van der Waals surface area contributed by atoms with Crippen molar-refractivity contribution in [2.24, 2.45) is 5.14 Å². The summed E-state index contributed by atoms with van der Waals surface area (Å²) >= 11 is 0. The van der Waals surface area contributed by atoms with Crippen molar-refractivity contribution in [3.63, 3.8) is 0 Å². The summed E-state index contributed by atoms with van der Waals surface area (Å²) < 4.78 is 28.5. The number of benzene rings is 2. The first-order valence-corrected chi connectivity index (χ1v) is 10.3. The predicted molar refractivity (Wildman–Crippen MR) is 105 cm³/mol. The number of rotatable bonds is 8. The molecular formula is C20H28N2O3S. The van der Waals surface area contributed by atoms with Crippen LogP contribution in [0.25, 0.3) is 0 Å². The van der Waals surface area contributed by atoms with Crippen molar-refractivity contribution < 1.29 is 13.2 Å². The lowest BCUT2D eigenvalue weighted by atomic mass is 10.1. The maximum atomic E-state index is 11.3. The fourth-order valence-corrected chi connectivity index (χ4v) is 3.21. The Labute approximate surface area is 156 Å². The Morgan fingerprint density at radius 3 is 2.31 bits per heavy atom. The highest BCUT2D eigenvalue weighted by Crippen LogP contribution is 2.21. The lowest BCUT2D eigenvalue weighted by Crippen LogP contribution is -2.25. The molecule has 0 fully saturated rings. The topological polar surface area (TPSA) is 72.6 Å². The minimum atomic E-state index is -3.65. The van der Waals surface area contributed by atoms with E-state index < -0.39 is 10.0 Å². The standard InChI is InChI=1S/C20H28N2O3S/c1-15-6-9-19(14-16(15)2)25-13-5-12-22(4)17(3)18-7-10-20(11-8-18)26(21,23)24/h6-11,14,17H,5,12-13H2,1-4H3,(H2,21,23,24)/t17-/m0/s1. The van der Waals surface area contributed by atoms with Crippen LogP contribution in [0.15, 0.2) is 47.4 Å². The zero-order chi connectivity index (χ0) is 19.3. The van der Waals surface area contributed by atoms with Gasteiger partial charge in [0.25, 0.3) is 0 Å². The maximum Gasteiger partial charge on any atom is 0.238 e. The summed E-state index contributed by atoms with van der Waals surface area (Å²) in [7, 11) is -1.60. The molecule has 26 heavy (non-hydrogen) atoms. The molecule has 0 amide bonds. The van der Waals surface area contributed by atoms with Crippen molar-refractivity contribution in [3.8, 4) is 5.75 Å². The van der Waals surface area contributed by atoms with Gasteiger partial charge in [0.15, 0.2) is 0 Å². The summed E-state index contributed by atoms with van der Waals surface area (Å²) in [5.41, 5.74) is 3.55. The molecule has 0 aliphatic heterocycles. The molecule has 2 N–H and O–H groups in total. The highest BCUT2D eigenvalue weighted by Gasteiger charge is 2.13. The van der Waals surface area contributed by atoms with Gasteiger partial charge in [-0.2, -0.15) is 0 Å².